The second kappa shape index (κ2) is 13.9. The van der Waals surface area contributed by atoms with Crippen LogP contribution in [0.2, 0.25) is 0 Å². The van der Waals surface area contributed by atoms with E-state index < -0.39 is 5.41 Å². The quantitative estimate of drug-likeness (QED) is 0.0942. The molecule has 2 aliphatic rings. The van der Waals surface area contributed by atoms with Gasteiger partial charge in [0.25, 0.3) is 0 Å². The standard InChI is InChI=1S/C48H38N2O2/c1-3-17-33(2)18-7-6-14-29-50-47(49)35-20-15-19-34(30-35)38-26-16-28-43-46(38)52-44-31-40-39-25-12-13-27-41(39)48(36-21-8-4-9-22-36,37-23-10-5-11-24-37)42(40)32-45(44)51-43/h3-28,30-32H,2,29H2,1H3,(H2,49,50)/b14-6+,17-3-,18-7+. The lowest BCUT2D eigenvalue weighted by atomic mass is 9.67. The molecule has 0 saturated heterocycles. The minimum Gasteiger partial charge on any atom is -0.449 e. The Morgan fingerprint density at radius 2 is 1.35 bits per heavy atom. The number of rotatable bonds is 9. The first-order chi connectivity index (χ1) is 25.6. The molecule has 0 atom stereocenters. The van der Waals surface area contributed by atoms with Crippen molar-refractivity contribution in [2.75, 3.05) is 6.54 Å². The van der Waals surface area contributed by atoms with Crippen molar-refractivity contribution in [3.05, 3.63) is 216 Å². The van der Waals surface area contributed by atoms with Crippen LogP contribution in [0.5, 0.6) is 23.0 Å². The molecule has 0 fully saturated rings. The van der Waals surface area contributed by atoms with Gasteiger partial charge < -0.3 is 15.2 Å². The molecule has 6 aromatic carbocycles. The van der Waals surface area contributed by atoms with Crippen molar-refractivity contribution >= 4 is 5.84 Å². The second-order valence-electron chi connectivity index (χ2n) is 12.9. The van der Waals surface area contributed by atoms with Gasteiger partial charge in [0, 0.05) is 11.1 Å². The molecule has 0 saturated carbocycles. The molecule has 0 spiro atoms. The fourth-order valence-electron chi connectivity index (χ4n) is 7.44. The third kappa shape index (κ3) is 5.74. The van der Waals surface area contributed by atoms with Crippen LogP contribution in [0, 0.1) is 0 Å². The maximum absolute atomic E-state index is 6.81. The van der Waals surface area contributed by atoms with E-state index in [1.165, 1.54) is 27.8 Å². The van der Waals surface area contributed by atoms with Gasteiger partial charge in [-0.3, -0.25) is 4.99 Å². The van der Waals surface area contributed by atoms with E-state index in [9.17, 15) is 0 Å². The van der Waals surface area contributed by atoms with Crippen molar-refractivity contribution in [3.63, 3.8) is 0 Å². The Morgan fingerprint density at radius 3 is 2.12 bits per heavy atom. The molecule has 0 radical (unpaired) electrons. The van der Waals surface area contributed by atoms with E-state index in [4.69, 9.17) is 15.2 Å². The van der Waals surface area contributed by atoms with Crippen LogP contribution in [0.4, 0.5) is 0 Å². The van der Waals surface area contributed by atoms with E-state index in [2.05, 4.69) is 121 Å². The van der Waals surface area contributed by atoms with Crippen LogP contribution < -0.4 is 15.2 Å². The van der Waals surface area contributed by atoms with E-state index in [0.29, 0.717) is 35.4 Å². The number of benzene rings is 6. The highest BCUT2D eigenvalue weighted by atomic mass is 16.6. The maximum Gasteiger partial charge on any atom is 0.177 e. The Hall–Kier alpha value is -6.65. The van der Waals surface area contributed by atoms with Gasteiger partial charge in [-0.05, 0) is 75.7 Å². The van der Waals surface area contributed by atoms with E-state index in [0.717, 1.165) is 27.8 Å². The summed E-state index contributed by atoms with van der Waals surface area (Å²) in [5.74, 6) is 3.16. The predicted octanol–water partition coefficient (Wildman–Crippen LogP) is 11.6. The van der Waals surface area contributed by atoms with Crippen molar-refractivity contribution in [1.82, 2.24) is 0 Å². The van der Waals surface area contributed by atoms with Crippen LogP contribution in [-0.2, 0) is 5.41 Å². The van der Waals surface area contributed by atoms with Gasteiger partial charge in [0.2, 0.25) is 0 Å². The number of amidine groups is 1. The highest BCUT2D eigenvalue weighted by Gasteiger charge is 2.47. The molecule has 4 nitrogen and oxygen atoms in total. The van der Waals surface area contributed by atoms with Crippen LogP contribution >= 0.6 is 0 Å². The van der Waals surface area contributed by atoms with Crippen molar-refractivity contribution in [3.8, 4) is 45.3 Å². The summed E-state index contributed by atoms with van der Waals surface area (Å²) in [6, 6.07) is 48.6. The molecular weight excluding hydrogens is 637 g/mol. The first-order valence-electron chi connectivity index (χ1n) is 17.5. The monoisotopic (exact) mass is 674 g/mol. The zero-order valence-electron chi connectivity index (χ0n) is 29.0. The van der Waals surface area contributed by atoms with Crippen LogP contribution in [-0.4, -0.2) is 12.4 Å². The van der Waals surface area contributed by atoms with Gasteiger partial charge in [-0.25, -0.2) is 0 Å². The smallest absolute Gasteiger partial charge is 0.177 e. The highest BCUT2D eigenvalue weighted by Crippen LogP contribution is 2.60. The summed E-state index contributed by atoms with van der Waals surface area (Å²) in [7, 11) is 0. The minimum absolute atomic E-state index is 0.467. The topological polar surface area (TPSA) is 56.8 Å². The van der Waals surface area contributed by atoms with Gasteiger partial charge in [0.05, 0.1) is 12.0 Å². The SMILES string of the molecule is C=C(/C=C\C)/C=C/C=C/CN=C(N)c1cccc(-c2cccc3c2Oc2cc4c(cc2O3)C(c2ccccc2)(c2ccccc2)c2ccccc2-4)c1. The van der Waals surface area contributed by atoms with Crippen molar-refractivity contribution in [2.24, 2.45) is 10.7 Å². The molecule has 8 rings (SSSR count). The Morgan fingerprint density at radius 1 is 0.654 bits per heavy atom. The summed E-state index contributed by atoms with van der Waals surface area (Å²) in [4.78, 5) is 4.59. The number of nitrogens with zero attached hydrogens (tertiary/aromatic N) is 1. The van der Waals surface area contributed by atoms with E-state index in [1.807, 2.05) is 73.7 Å². The molecule has 1 heterocycles. The Bertz CT molecular complexity index is 2380. The Labute approximate surface area is 305 Å². The molecular formula is C48H38N2O2. The average molecular weight is 675 g/mol. The first kappa shape index (κ1) is 32.5. The van der Waals surface area contributed by atoms with Gasteiger partial charge in [-0.15, -0.1) is 0 Å². The zero-order valence-corrected chi connectivity index (χ0v) is 29.0. The van der Waals surface area contributed by atoms with Gasteiger partial charge >= 0.3 is 0 Å². The largest absolute Gasteiger partial charge is 0.449 e. The number of hydrogen-bond donors (Lipinski definition) is 1. The Kier molecular flexibility index (Phi) is 8.72. The molecule has 0 amide bonds. The van der Waals surface area contributed by atoms with Gasteiger partial charge in [-0.2, -0.15) is 0 Å². The molecule has 2 N–H and O–H groups in total. The second-order valence-corrected chi connectivity index (χ2v) is 12.9. The third-order valence-electron chi connectivity index (χ3n) is 9.71. The van der Waals surface area contributed by atoms with Crippen LogP contribution in [0.25, 0.3) is 22.3 Å². The highest BCUT2D eigenvalue weighted by molar-refractivity contribution is 5.99. The molecule has 4 heteroatoms. The lowest BCUT2D eigenvalue weighted by molar-refractivity contribution is 0.360. The zero-order chi connectivity index (χ0) is 35.5. The van der Waals surface area contributed by atoms with E-state index in [-0.39, 0.29) is 0 Å². The lowest BCUT2D eigenvalue weighted by Gasteiger charge is -2.34. The molecule has 0 bridgehead atoms. The van der Waals surface area contributed by atoms with Crippen LogP contribution in [0.3, 0.4) is 0 Å². The summed E-state index contributed by atoms with van der Waals surface area (Å²) >= 11 is 0. The van der Waals surface area contributed by atoms with Crippen molar-refractivity contribution < 1.29 is 9.47 Å². The molecule has 52 heavy (non-hydrogen) atoms. The van der Waals surface area contributed by atoms with Gasteiger partial charge in [-0.1, -0.05) is 158 Å². The van der Waals surface area contributed by atoms with E-state index in [1.54, 1.807) is 0 Å². The summed E-state index contributed by atoms with van der Waals surface area (Å²) in [6.45, 7) is 6.42. The number of fused-ring (bicyclic) bond motifs is 5. The number of ether oxygens (including phenoxy) is 2. The summed E-state index contributed by atoms with van der Waals surface area (Å²) in [5, 5.41) is 0. The molecule has 1 aliphatic heterocycles. The first-order valence-corrected chi connectivity index (χ1v) is 17.5. The fourth-order valence-corrected chi connectivity index (χ4v) is 7.44. The van der Waals surface area contributed by atoms with Crippen molar-refractivity contribution in [1.29, 1.82) is 0 Å². The minimum atomic E-state index is -0.523. The summed E-state index contributed by atoms with van der Waals surface area (Å²) in [6.07, 6.45) is 11.7. The van der Waals surface area contributed by atoms with Crippen LogP contribution in [0.15, 0.2) is 193 Å². The molecule has 1 aliphatic carbocycles. The van der Waals surface area contributed by atoms with Gasteiger partial charge in [0.1, 0.15) is 5.84 Å². The van der Waals surface area contributed by atoms with Crippen LogP contribution in [0.1, 0.15) is 34.7 Å². The van der Waals surface area contributed by atoms with Crippen molar-refractivity contribution in [2.45, 2.75) is 12.3 Å². The van der Waals surface area contributed by atoms with E-state index >= 15 is 0 Å². The lowest BCUT2D eigenvalue weighted by Crippen LogP contribution is -2.28. The van der Waals surface area contributed by atoms with Gasteiger partial charge in [0.15, 0.2) is 23.0 Å². The molecule has 0 aromatic heterocycles. The summed E-state index contributed by atoms with van der Waals surface area (Å²) in [5.41, 5.74) is 16.7. The maximum atomic E-state index is 6.81. The number of aliphatic imine (C=N–C) groups is 1. The summed E-state index contributed by atoms with van der Waals surface area (Å²) < 4.78 is 13.5. The predicted molar refractivity (Wildman–Crippen MR) is 214 cm³/mol. The molecule has 252 valence electrons. The average Bonchev–Trinajstić information content (AvgIpc) is 3.47. The normalized spacial score (nSPS) is 14.1. The third-order valence-corrected chi connectivity index (χ3v) is 9.71. The fraction of sp³-hybridized carbons (Fsp3) is 0.0625. The number of hydrogen-bond acceptors (Lipinski definition) is 3. The molecule has 0 unspecified atom stereocenters. The number of nitrogens with two attached hydrogens (primary N) is 1. The number of allylic oxidation sites excluding steroid dienone is 6. The number of para-hydroxylation sites is 1. The molecule has 6 aromatic rings. The Balaban J connectivity index is 1.15.